The van der Waals surface area contributed by atoms with Gasteiger partial charge in [-0.1, -0.05) is 12.1 Å². The molecule has 0 unspecified atom stereocenters. The highest BCUT2D eigenvalue weighted by molar-refractivity contribution is 8.18. The van der Waals surface area contributed by atoms with Gasteiger partial charge in [-0.2, -0.15) is 0 Å². The summed E-state index contributed by atoms with van der Waals surface area (Å²) in [5.74, 6) is -2.12. The molecule has 0 saturated carbocycles. The Kier molecular flexibility index (Phi) is 6.83. The number of carbonyl (C=O) groups excluding carboxylic acids is 3. The van der Waals surface area contributed by atoms with Crippen molar-refractivity contribution in [1.29, 1.82) is 0 Å². The summed E-state index contributed by atoms with van der Waals surface area (Å²) in [4.78, 5) is 47.7. The monoisotopic (exact) mass is 395 g/mol. The number of hydrogen-bond donors (Lipinski definition) is 1. The summed E-state index contributed by atoms with van der Waals surface area (Å²) in [5, 5.41) is 8.22. The van der Waals surface area contributed by atoms with Crippen LogP contribution >= 0.6 is 11.8 Å². The molecule has 2 amide bonds. The number of thioether (sulfide) groups is 1. The quantitative estimate of drug-likeness (QED) is 0.518. The molecule has 0 atom stereocenters. The number of carbonyl (C=O) groups is 4. The molecule has 9 nitrogen and oxygen atoms in total. The SMILES string of the molecule is CCOC(=O)CN1C(=O)S/C(=C/c2cccc(OC)c2OCC(=O)O)C1=O. The van der Waals surface area contributed by atoms with E-state index in [9.17, 15) is 19.2 Å². The number of methoxy groups -OCH3 is 1. The number of carboxylic acids is 1. The number of benzene rings is 1. The number of carboxylic acid groups (broad SMARTS) is 1. The molecule has 144 valence electrons. The third-order valence-electron chi connectivity index (χ3n) is 3.32. The Labute approximate surface area is 158 Å². The number of nitrogens with zero attached hydrogens (tertiary/aromatic N) is 1. The molecular weight excluding hydrogens is 378 g/mol. The van der Waals surface area contributed by atoms with Crippen LogP contribution in [0, 0.1) is 0 Å². The van der Waals surface area contributed by atoms with Gasteiger partial charge in [-0.25, -0.2) is 4.79 Å². The first kappa shape index (κ1) is 20.3. The fourth-order valence-electron chi connectivity index (χ4n) is 2.21. The van der Waals surface area contributed by atoms with Crippen LogP contribution in [0.15, 0.2) is 23.1 Å². The summed E-state index contributed by atoms with van der Waals surface area (Å²) < 4.78 is 15.2. The Morgan fingerprint density at radius 2 is 2.04 bits per heavy atom. The van der Waals surface area contributed by atoms with E-state index in [-0.39, 0.29) is 23.0 Å². The van der Waals surface area contributed by atoms with Gasteiger partial charge < -0.3 is 19.3 Å². The van der Waals surface area contributed by atoms with Gasteiger partial charge in [0.05, 0.1) is 18.6 Å². The maximum Gasteiger partial charge on any atom is 0.341 e. The standard InChI is InChI=1S/C17H17NO8S/c1-3-25-14(21)8-18-16(22)12(27-17(18)23)7-10-5-4-6-11(24-2)15(10)26-9-13(19)20/h4-7H,3,8-9H2,1-2H3,(H,19,20)/b12-7+. The van der Waals surface area contributed by atoms with Gasteiger partial charge in [-0.15, -0.1) is 0 Å². The van der Waals surface area contributed by atoms with Gasteiger partial charge in [0.2, 0.25) is 0 Å². The average Bonchev–Trinajstić information content (AvgIpc) is 2.88. The molecule has 0 bridgehead atoms. The van der Waals surface area contributed by atoms with Gasteiger partial charge >= 0.3 is 11.9 Å². The lowest BCUT2D eigenvalue weighted by Crippen LogP contribution is -2.34. The Balaban J connectivity index is 2.30. The molecule has 27 heavy (non-hydrogen) atoms. The Bertz CT molecular complexity index is 804. The first-order valence-electron chi connectivity index (χ1n) is 7.80. The molecule has 2 rings (SSSR count). The highest BCUT2D eigenvalue weighted by Crippen LogP contribution is 2.37. The van der Waals surface area contributed by atoms with E-state index < -0.39 is 36.2 Å². The zero-order chi connectivity index (χ0) is 20.0. The van der Waals surface area contributed by atoms with E-state index in [1.807, 2.05) is 0 Å². The van der Waals surface area contributed by atoms with Crippen LogP contribution < -0.4 is 9.47 Å². The van der Waals surface area contributed by atoms with E-state index in [1.165, 1.54) is 13.2 Å². The summed E-state index contributed by atoms with van der Waals surface area (Å²) in [6.45, 7) is 0.675. The van der Waals surface area contributed by atoms with Crippen LogP contribution in [0.5, 0.6) is 11.5 Å². The summed E-state index contributed by atoms with van der Waals surface area (Å²) in [6, 6.07) is 4.78. The molecule has 0 spiro atoms. The fraction of sp³-hybridized carbons (Fsp3) is 0.294. The van der Waals surface area contributed by atoms with Gasteiger partial charge in [0.1, 0.15) is 6.54 Å². The fourth-order valence-corrected chi connectivity index (χ4v) is 3.04. The molecule has 1 heterocycles. The molecule has 1 aliphatic heterocycles. The van der Waals surface area contributed by atoms with Gasteiger partial charge in [0.25, 0.3) is 11.1 Å². The van der Waals surface area contributed by atoms with E-state index in [2.05, 4.69) is 0 Å². The zero-order valence-electron chi connectivity index (χ0n) is 14.6. The molecular formula is C17H17NO8S. The van der Waals surface area contributed by atoms with Crippen molar-refractivity contribution in [2.45, 2.75) is 6.92 Å². The second-order valence-corrected chi connectivity index (χ2v) is 6.13. The van der Waals surface area contributed by atoms with Gasteiger partial charge in [-0.05, 0) is 30.8 Å². The first-order chi connectivity index (χ1) is 12.9. The second kappa shape index (κ2) is 9.08. The van der Waals surface area contributed by atoms with E-state index in [4.69, 9.17) is 19.3 Å². The lowest BCUT2D eigenvalue weighted by Gasteiger charge is -2.12. The highest BCUT2D eigenvalue weighted by atomic mass is 32.2. The molecule has 1 fully saturated rings. The van der Waals surface area contributed by atoms with Crippen molar-refractivity contribution in [1.82, 2.24) is 4.90 Å². The van der Waals surface area contributed by atoms with Crippen LogP contribution in [0.1, 0.15) is 12.5 Å². The minimum absolute atomic E-state index is 0.0673. The van der Waals surface area contributed by atoms with Crippen molar-refractivity contribution in [3.05, 3.63) is 28.7 Å². The lowest BCUT2D eigenvalue weighted by molar-refractivity contribution is -0.146. The molecule has 1 aromatic rings. The third-order valence-corrected chi connectivity index (χ3v) is 4.23. The summed E-state index contributed by atoms with van der Waals surface area (Å²) in [7, 11) is 1.39. The molecule has 1 N–H and O–H groups in total. The topological polar surface area (TPSA) is 119 Å². The van der Waals surface area contributed by atoms with Gasteiger partial charge in [0, 0.05) is 5.56 Å². The maximum absolute atomic E-state index is 12.4. The predicted molar refractivity (Wildman–Crippen MR) is 95.4 cm³/mol. The normalized spacial score (nSPS) is 15.2. The zero-order valence-corrected chi connectivity index (χ0v) is 15.4. The number of imide groups is 1. The minimum Gasteiger partial charge on any atom is -0.493 e. The summed E-state index contributed by atoms with van der Waals surface area (Å²) in [6.07, 6.45) is 1.38. The van der Waals surface area contributed by atoms with Crippen molar-refractivity contribution < 1.29 is 38.5 Å². The first-order valence-corrected chi connectivity index (χ1v) is 8.61. The van der Waals surface area contributed by atoms with Gasteiger partial charge in [-0.3, -0.25) is 19.3 Å². The minimum atomic E-state index is -1.18. The largest absolute Gasteiger partial charge is 0.493 e. The van der Waals surface area contributed by atoms with E-state index in [1.54, 1.807) is 25.1 Å². The van der Waals surface area contributed by atoms with Crippen LogP contribution in [0.2, 0.25) is 0 Å². The molecule has 0 aromatic heterocycles. The van der Waals surface area contributed by atoms with Crippen molar-refractivity contribution in [2.75, 3.05) is 26.9 Å². The molecule has 1 aromatic carbocycles. The van der Waals surface area contributed by atoms with Crippen LogP contribution in [-0.2, 0) is 19.1 Å². The summed E-state index contributed by atoms with van der Waals surface area (Å²) >= 11 is 0.661. The van der Waals surface area contributed by atoms with Crippen LogP contribution in [0.25, 0.3) is 6.08 Å². The highest BCUT2D eigenvalue weighted by Gasteiger charge is 2.36. The number of esters is 1. The summed E-state index contributed by atoms with van der Waals surface area (Å²) in [5.41, 5.74) is 0.359. The van der Waals surface area contributed by atoms with E-state index in [0.717, 1.165) is 4.90 Å². The van der Waals surface area contributed by atoms with Crippen LogP contribution in [0.4, 0.5) is 4.79 Å². The second-order valence-electron chi connectivity index (χ2n) is 5.13. The molecule has 10 heteroatoms. The third kappa shape index (κ3) is 5.00. The van der Waals surface area contributed by atoms with Crippen LogP contribution in [0.3, 0.4) is 0 Å². The number of amides is 2. The molecule has 0 aliphatic carbocycles. The number of hydrogen-bond acceptors (Lipinski definition) is 8. The Morgan fingerprint density at radius 3 is 2.67 bits per heavy atom. The number of para-hydroxylation sites is 1. The lowest BCUT2D eigenvalue weighted by atomic mass is 10.1. The Morgan fingerprint density at radius 1 is 1.30 bits per heavy atom. The maximum atomic E-state index is 12.4. The Hall–Kier alpha value is -3.01. The predicted octanol–water partition coefficient (Wildman–Crippen LogP) is 1.76. The number of ether oxygens (including phenoxy) is 3. The molecule has 1 aliphatic rings. The van der Waals surface area contributed by atoms with E-state index in [0.29, 0.717) is 17.3 Å². The van der Waals surface area contributed by atoms with Gasteiger partial charge in [0.15, 0.2) is 18.1 Å². The van der Waals surface area contributed by atoms with Crippen molar-refractivity contribution >= 4 is 40.9 Å². The molecule has 1 saturated heterocycles. The van der Waals surface area contributed by atoms with Crippen molar-refractivity contribution in [2.24, 2.45) is 0 Å². The average molecular weight is 395 g/mol. The van der Waals surface area contributed by atoms with Crippen LogP contribution in [-0.4, -0.2) is 60.0 Å². The molecule has 0 radical (unpaired) electrons. The number of rotatable bonds is 8. The van der Waals surface area contributed by atoms with E-state index >= 15 is 0 Å². The van der Waals surface area contributed by atoms with Crippen molar-refractivity contribution in [3.8, 4) is 11.5 Å². The number of aliphatic carboxylic acids is 1. The smallest absolute Gasteiger partial charge is 0.341 e. The van der Waals surface area contributed by atoms with Crippen molar-refractivity contribution in [3.63, 3.8) is 0 Å².